The van der Waals surface area contributed by atoms with Gasteiger partial charge in [-0.25, -0.2) is 4.79 Å². The third kappa shape index (κ3) is 12.9. The molecule has 1 aromatic heterocycles. The number of piperidine rings is 1. The van der Waals surface area contributed by atoms with Crippen molar-refractivity contribution < 1.29 is 19.8 Å². The zero-order valence-electron chi connectivity index (χ0n) is 13.3. The lowest BCUT2D eigenvalue weighted by Gasteiger charge is -2.21. The average molecular weight is 379 g/mol. The highest BCUT2D eigenvalue weighted by molar-refractivity contribution is 5.86. The molecule has 0 aromatic carbocycles. The second-order valence-electron chi connectivity index (χ2n) is 5.08. The van der Waals surface area contributed by atoms with Crippen LogP contribution >= 0.6 is 24.8 Å². The van der Waals surface area contributed by atoms with E-state index in [1.807, 2.05) is 0 Å². The van der Waals surface area contributed by atoms with Crippen LogP contribution in [0.15, 0.2) is 30.6 Å². The standard InChI is InChI=1S/C8H15NO2.C8H7NO2.2ClH/c2*10-8(11)2-1-7-3-5-9-6-4-7;;/h7,9H,1-6H2,(H,10,11);1-6H,(H,10,11);2*1H. The van der Waals surface area contributed by atoms with E-state index in [9.17, 15) is 9.59 Å². The highest BCUT2D eigenvalue weighted by Crippen LogP contribution is 2.17. The third-order valence-corrected chi connectivity index (χ3v) is 3.35. The van der Waals surface area contributed by atoms with Crippen molar-refractivity contribution in [3.05, 3.63) is 36.2 Å². The molecular weight excluding hydrogens is 355 g/mol. The van der Waals surface area contributed by atoms with E-state index in [0.29, 0.717) is 12.3 Å². The van der Waals surface area contributed by atoms with Crippen molar-refractivity contribution in [3.8, 4) is 0 Å². The molecule has 0 saturated carbocycles. The molecule has 1 saturated heterocycles. The Morgan fingerprint density at radius 3 is 2.25 bits per heavy atom. The van der Waals surface area contributed by atoms with Crippen molar-refractivity contribution in [1.29, 1.82) is 0 Å². The summed E-state index contributed by atoms with van der Waals surface area (Å²) in [7, 11) is 0. The van der Waals surface area contributed by atoms with Gasteiger partial charge in [-0.3, -0.25) is 9.78 Å². The third-order valence-electron chi connectivity index (χ3n) is 3.35. The topological polar surface area (TPSA) is 99.5 Å². The van der Waals surface area contributed by atoms with E-state index in [2.05, 4.69) is 10.3 Å². The number of hydrogen-bond donors (Lipinski definition) is 3. The highest BCUT2D eigenvalue weighted by Gasteiger charge is 2.13. The first kappa shape index (κ1) is 24.6. The van der Waals surface area contributed by atoms with Gasteiger partial charge >= 0.3 is 11.9 Å². The van der Waals surface area contributed by atoms with E-state index < -0.39 is 11.9 Å². The van der Waals surface area contributed by atoms with Crippen LogP contribution in [0.2, 0.25) is 0 Å². The fourth-order valence-electron chi connectivity index (χ4n) is 2.14. The van der Waals surface area contributed by atoms with Crippen LogP contribution in [0.3, 0.4) is 0 Å². The maximum atomic E-state index is 10.2. The number of halogens is 2. The van der Waals surface area contributed by atoms with Crippen LogP contribution in [-0.2, 0) is 9.59 Å². The van der Waals surface area contributed by atoms with Gasteiger partial charge in [0.2, 0.25) is 0 Å². The van der Waals surface area contributed by atoms with Crippen LogP contribution in [0.4, 0.5) is 0 Å². The molecule has 1 fully saturated rings. The van der Waals surface area contributed by atoms with Crippen LogP contribution in [0.5, 0.6) is 0 Å². The largest absolute Gasteiger partial charge is 0.481 e. The fraction of sp³-hybridized carbons (Fsp3) is 0.438. The highest BCUT2D eigenvalue weighted by atomic mass is 35.5. The minimum atomic E-state index is -0.943. The van der Waals surface area contributed by atoms with Crippen molar-refractivity contribution in [2.45, 2.75) is 25.7 Å². The predicted molar refractivity (Wildman–Crippen MR) is 97.9 cm³/mol. The number of carbonyl (C=O) groups is 2. The molecule has 3 N–H and O–H groups in total. The van der Waals surface area contributed by atoms with Gasteiger partial charge in [-0.15, -0.1) is 24.8 Å². The summed E-state index contributed by atoms with van der Waals surface area (Å²) in [6.07, 6.45) is 9.32. The number of pyridine rings is 1. The lowest BCUT2D eigenvalue weighted by atomic mass is 9.93. The number of carboxylic acids is 2. The van der Waals surface area contributed by atoms with Crippen LogP contribution < -0.4 is 5.32 Å². The lowest BCUT2D eigenvalue weighted by Crippen LogP contribution is -2.27. The molecule has 0 aliphatic carbocycles. The number of nitrogens with one attached hydrogen (secondary N) is 1. The molecule has 2 heterocycles. The zero-order valence-corrected chi connectivity index (χ0v) is 14.9. The van der Waals surface area contributed by atoms with Crippen LogP contribution in [0.1, 0.15) is 31.2 Å². The molecule has 0 unspecified atom stereocenters. The van der Waals surface area contributed by atoms with Gasteiger partial charge in [0.25, 0.3) is 0 Å². The lowest BCUT2D eigenvalue weighted by molar-refractivity contribution is -0.137. The first-order chi connectivity index (χ1) is 10.6. The quantitative estimate of drug-likeness (QED) is 0.681. The molecule has 1 aliphatic heterocycles. The van der Waals surface area contributed by atoms with Gasteiger partial charge in [0.05, 0.1) is 0 Å². The monoisotopic (exact) mass is 378 g/mol. The Morgan fingerprint density at radius 1 is 1.17 bits per heavy atom. The Hall–Kier alpha value is -1.63. The van der Waals surface area contributed by atoms with E-state index in [4.69, 9.17) is 10.2 Å². The van der Waals surface area contributed by atoms with Gasteiger partial charge in [0, 0.05) is 24.9 Å². The van der Waals surface area contributed by atoms with E-state index >= 15 is 0 Å². The summed E-state index contributed by atoms with van der Waals surface area (Å²) in [6, 6.07) is 3.47. The van der Waals surface area contributed by atoms with E-state index in [1.54, 1.807) is 24.5 Å². The Morgan fingerprint density at radius 2 is 1.75 bits per heavy atom. The smallest absolute Gasteiger partial charge is 0.328 e. The zero-order chi connectivity index (χ0) is 16.2. The summed E-state index contributed by atoms with van der Waals surface area (Å²) in [5.74, 6) is -0.960. The average Bonchev–Trinajstić information content (AvgIpc) is 2.53. The molecule has 2 rings (SSSR count). The molecule has 0 spiro atoms. The Bertz CT molecular complexity index is 492. The van der Waals surface area contributed by atoms with Crippen molar-refractivity contribution in [2.75, 3.05) is 13.1 Å². The summed E-state index contributed by atoms with van der Waals surface area (Å²) >= 11 is 0. The number of carboxylic acid groups (broad SMARTS) is 2. The van der Waals surface area contributed by atoms with E-state index in [0.717, 1.165) is 44.0 Å². The maximum absolute atomic E-state index is 10.2. The minimum absolute atomic E-state index is 0. The molecular formula is C16H24Cl2N2O4. The van der Waals surface area contributed by atoms with Gasteiger partial charge in [-0.2, -0.15) is 0 Å². The van der Waals surface area contributed by atoms with Gasteiger partial charge in [0.1, 0.15) is 0 Å². The molecule has 1 aromatic rings. The normalized spacial score (nSPS) is 13.8. The SMILES string of the molecule is Cl.Cl.O=C(O)C=Cc1ccncc1.O=C(O)CCC1CCNCC1. The van der Waals surface area contributed by atoms with Crippen LogP contribution in [-0.4, -0.2) is 40.2 Å². The van der Waals surface area contributed by atoms with Crippen LogP contribution in [0, 0.1) is 5.92 Å². The van der Waals surface area contributed by atoms with Crippen molar-refractivity contribution in [3.63, 3.8) is 0 Å². The minimum Gasteiger partial charge on any atom is -0.481 e. The second kappa shape index (κ2) is 14.9. The molecule has 1 aliphatic rings. The fourth-order valence-corrected chi connectivity index (χ4v) is 2.14. The van der Waals surface area contributed by atoms with Gasteiger partial charge in [-0.05, 0) is 62.0 Å². The molecule has 0 radical (unpaired) electrons. The maximum Gasteiger partial charge on any atom is 0.328 e. The second-order valence-corrected chi connectivity index (χ2v) is 5.08. The van der Waals surface area contributed by atoms with E-state index in [1.165, 1.54) is 6.08 Å². The van der Waals surface area contributed by atoms with Crippen molar-refractivity contribution >= 4 is 42.8 Å². The number of hydrogen-bond acceptors (Lipinski definition) is 4. The first-order valence-electron chi connectivity index (χ1n) is 7.31. The number of rotatable bonds is 5. The molecule has 0 amide bonds. The Balaban J connectivity index is 0. The summed E-state index contributed by atoms with van der Waals surface area (Å²) < 4.78 is 0. The van der Waals surface area contributed by atoms with Gasteiger partial charge < -0.3 is 15.5 Å². The summed E-state index contributed by atoms with van der Waals surface area (Å²) in [6.45, 7) is 2.12. The van der Waals surface area contributed by atoms with Crippen molar-refractivity contribution in [1.82, 2.24) is 10.3 Å². The summed E-state index contributed by atoms with van der Waals surface area (Å²) in [5, 5.41) is 20.0. The number of nitrogens with zero attached hydrogens (tertiary/aromatic N) is 1. The number of aromatic nitrogens is 1. The Kier molecular flexibility index (Phi) is 15.3. The molecule has 8 heteroatoms. The summed E-state index contributed by atoms with van der Waals surface area (Å²) in [5.41, 5.74) is 0.836. The molecule has 24 heavy (non-hydrogen) atoms. The van der Waals surface area contributed by atoms with Gasteiger partial charge in [0.15, 0.2) is 0 Å². The molecule has 6 nitrogen and oxygen atoms in total. The summed E-state index contributed by atoms with van der Waals surface area (Å²) in [4.78, 5) is 24.1. The molecule has 0 atom stereocenters. The van der Waals surface area contributed by atoms with Gasteiger partial charge in [-0.1, -0.05) is 0 Å². The number of aliphatic carboxylic acids is 2. The predicted octanol–water partition coefficient (Wildman–Crippen LogP) is 2.87. The van der Waals surface area contributed by atoms with Crippen LogP contribution in [0.25, 0.3) is 6.08 Å². The molecule has 0 bridgehead atoms. The Labute approximate surface area is 154 Å². The molecule has 136 valence electrons. The van der Waals surface area contributed by atoms with E-state index in [-0.39, 0.29) is 24.8 Å². The first-order valence-corrected chi connectivity index (χ1v) is 7.31. The van der Waals surface area contributed by atoms with Crippen molar-refractivity contribution in [2.24, 2.45) is 5.92 Å².